The highest BCUT2D eigenvalue weighted by Gasteiger charge is 2.25. The van der Waals surface area contributed by atoms with E-state index in [1.807, 2.05) is 54.9 Å². The Labute approximate surface area is 186 Å². The number of carbonyl (C=O) groups excluding carboxylic acids is 1. The number of carbonyl (C=O) groups is 2. The van der Waals surface area contributed by atoms with E-state index >= 15 is 0 Å². The molecule has 2 atom stereocenters. The van der Waals surface area contributed by atoms with Crippen LogP contribution >= 0.6 is 11.3 Å². The van der Waals surface area contributed by atoms with Crippen molar-refractivity contribution in [2.24, 2.45) is 5.92 Å². The molecule has 1 heterocycles. The lowest BCUT2D eigenvalue weighted by molar-refractivity contribution is -0.142. The zero-order valence-electron chi connectivity index (χ0n) is 17.6. The van der Waals surface area contributed by atoms with Crippen LogP contribution in [-0.4, -0.2) is 17.4 Å². The number of aldehydes is 1. The molecule has 0 saturated heterocycles. The Morgan fingerprint density at radius 1 is 1.19 bits per heavy atom. The first-order valence-electron chi connectivity index (χ1n) is 10.2. The standard InChI is InChI=1S/C25H26O5S/c1-3-19(25(27)28)12-24(22-7-5-4-6-17(22)2)30-23-13-21(9-8-20(23)14-26)29-15-18-10-11-31-16-18/h4-11,13-14,16,19,24H,3,12,15H2,1-2H3,(H,27,28). The SMILES string of the molecule is CCC(CC(Oc1cc(OCc2ccsc2)ccc1C=O)c1ccccc1C)C(=O)O. The molecule has 3 aromatic rings. The Bertz CT molecular complexity index is 1010. The fraction of sp³-hybridized carbons (Fsp3) is 0.280. The number of hydrogen-bond donors (Lipinski definition) is 1. The predicted octanol–water partition coefficient (Wildman–Crippen LogP) is 6.07. The van der Waals surface area contributed by atoms with Crippen molar-refractivity contribution in [3.63, 3.8) is 0 Å². The predicted molar refractivity (Wildman–Crippen MR) is 121 cm³/mol. The van der Waals surface area contributed by atoms with Gasteiger partial charge in [0.15, 0.2) is 6.29 Å². The number of ether oxygens (including phenoxy) is 2. The fourth-order valence-electron chi connectivity index (χ4n) is 3.39. The summed E-state index contributed by atoms with van der Waals surface area (Å²) in [7, 11) is 0. The van der Waals surface area contributed by atoms with Gasteiger partial charge in [0, 0.05) is 12.5 Å². The van der Waals surface area contributed by atoms with Crippen molar-refractivity contribution in [2.45, 2.75) is 39.4 Å². The van der Waals surface area contributed by atoms with E-state index in [2.05, 4.69) is 0 Å². The summed E-state index contributed by atoms with van der Waals surface area (Å²) in [5, 5.41) is 13.6. The Morgan fingerprint density at radius 2 is 2.00 bits per heavy atom. The van der Waals surface area contributed by atoms with Crippen molar-refractivity contribution >= 4 is 23.6 Å². The average Bonchev–Trinajstić information content (AvgIpc) is 3.29. The number of thiophene rings is 1. The third kappa shape index (κ3) is 5.95. The van der Waals surface area contributed by atoms with Crippen LogP contribution in [0.2, 0.25) is 0 Å². The summed E-state index contributed by atoms with van der Waals surface area (Å²) in [6.07, 6.45) is 1.02. The highest BCUT2D eigenvalue weighted by atomic mass is 32.1. The van der Waals surface area contributed by atoms with Gasteiger partial charge in [0.2, 0.25) is 0 Å². The second kappa shape index (κ2) is 10.8. The molecule has 0 spiro atoms. The Balaban J connectivity index is 1.89. The molecule has 6 heteroatoms. The van der Waals surface area contributed by atoms with E-state index in [-0.39, 0.29) is 0 Å². The van der Waals surface area contributed by atoms with E-state index < -0.39 is 18.0 Å². The molecular weight excluding hydrogens is 412 g/mol. The van der Waals surface area contributed by atoms with E-state index in [9.17, 15) is 14.7 Å². The molecule has 0 aliphatic rings. The molecule has 3 rings (SSSR count). The van der Waals surface area contributed by atoms with Crippen molar-refractivity contribution in [1.29, 1.82) is 0 Å². The summed E-state index contributed by atoms with van der Waals surface area (Å²) >= 11 is 1.60. The van der Waals surface area contributed by atoms with Crippen LogP contribution < -0.4 is 9.47 Å². The lowest BCUT2D eigenvalue weighted by Crippen LogP contribution is -2.20. The van der Waals surface area contributed by atoms with E-state index in [4.69, 9.17) is 9.47 Å². The smallest absolute Gasteiger partial charge is 0.306 e. The van der Waals surface area contributed by atoms with Gasteiger partial charge in [-0.25, -0.2) is 0 Å². The summed E-state index contributed by atoms with van der Waals surface area (Å²) in [6.45, 7) is 4.24. The van der Waals surface area contributed by atoms with Gasteiger partial charge in [0.1, 0.15) is 24.2 Å². The van der Waals surface area contributed by atoms with E-state index in [0.717, 1.165) is 23.0 Å². The second-order valence-corrected chi connectivity index (χ2v) is 8.16. The summed E-state index contributed by atoms with van der Waals surface area (Å²) in [4.78, 5) is 23.3. The van der Waals surface area contributed by atoms with Crippen LogP contribution in [0.25, 0.3) is 0 Å². The van der Waals surface area contributed by atoms with Gasteiger partial charge in [-0.1, -0.05) is 31.2 Å². The molecule has 0 amide bonds. The lowest BCUT2D eigenvalue weighted by atomic mass is 9.92. The van der Waals surface area contributed by atoms with Crippen molar-refractivity contribution in [3.8, 4) is 11.5 Å². The topological polar surface area (TPSA) is 72.8 Å². The van der Waals surface area contributed by atoms with E-state index in [1.165, 1.54) is 0 Å². The number of aryl methyl sites for hydroxylation is 1. The number of carboxylic acids is 1. The molecule has 0 aliphatic heterocycles. The van der Waals surface area contributed by atoms with Gasteiger partial charge in [0.05, 0.1) is 11.5 Å². The third-order valence-electron chi connectivity index (χ3n) is 5.24. The number of carboxylic acid groups (broad SMARTS) is 1. The summed E-state index contributed by atoms with van der Waals surface area (Å²) in [6, 6.07) is 14.8. The van der Waals surface area contributed by atoms with Gasteiger partial charge in [-0.05, 0) is 59.0 Å². The molecule has 0 saturated carbocycles. The van der Waals surface area contributed by atoms with Crippen molar-refractivity contribution in [2.75, 3.05) is 0 Å². The lowest BCUT2D eigenvalue weighted by Gasteiger charge is -2.25. The van der Waals surface area contributed by atoms with Gasteiger partial charge >= 0.3 is 5.97 Å². The minimum Gasteiger partial charge on any atom is -0.489 e. The summed E-state index contributed by atoms with van der Waals surface area (Å²) < 4.78 is 12.1. The molecule has 31 heavy (non-hydrogen) atoms. The first-order chi connectivity index (χ1) is 15.0. The van der Waals surface area contributed by atoms with Crippen LogP contribution in [-0.2, 0) is 11.4 Å². The van der Waals surface area contributed by atoms with E-state index in [1.54, 1.807) is 29.5 Å². The molecule has 162 valence electrons. The molecule has 1 N–H and O–H groups in total. The van der Waals surface area contributed by atoms with Crippen LogP contribution in [0, 0.1) is 12.8 Å². The zero-order chi connectivity index (χ0) is 22.2. The number of hydrogen-bond acceptors (Lipinski definition) is 5. The molecule has 0 bridgehead atoms. The monoisotopic (exact) mass is 438 g/mol. The molecule has 0 radical (unpaired) electrons. The Kier molecular flexibility index (Phi) is 7.84. The van der Waals surface area contributed by atoms with Crippen LogP contribution in [0.3, 0.4) is 0 Å². The van der Waals surface area contributed by atoms with Crippen molar-refractivity contribution in [1.82, 2.24) is 0 Å². The van der Waals surface area contributed by atoms with Gasteiger partial charge in [-0.15, -0.1) is 0 Å². The molecular formula is C25H26O5S. The molecule has 0 aliphatic carbocycles. The van der Waals surface area contributed by atoms with Crippen LogP contribution in [0.4, 0.5) is 0 Å². The summed E-state index contributed by atoms with van der Waals surface area (Å²) in [5.41, 5.74) is 3.37. The highest BCUT2D eigenvalue weighted by molar-refractivity contribution is 7.07. The maximum absolute atomic E-state index is 11.7. The maximum Gasteiger partial charge on any atom is 0.306 e. The normalized spacial score (nSPS) is 12.7. The summed E-state index contributed by atoms with van der Waals surface area (Å²) in [5.74, 6) is -0.442. The molecule has 5 nitrogen and oxygen atoms in total. The van der Waals surface area contributed by atoms with Gasteiger partial charge in [-0.3, -0.25) is 9.59 Å². The molecule has 0 fully saturated rings. The van der Waals surface area contributed by atoms with Crippen LogP contribution in [0.1, 0.15) is 52.9 Å². The van der Waals surface area contributed by atoms with Crippen molar-refractivity contribution in [3.05, 3.63) is 81.5 Å². The highest BCUT2D eigenvalue weighted by Crippen LogP contribution is 2.34. The minimum absolute atomic E-state index is 0.301. The number of benzene rings is 2. The van der Waals surface area contributed by atoms with Gasteiger partial charge < -0.3 is 14.6 Å². The van der Waals surface area contributed by atoms with Gasteiger partial charge in [0.25, 0.3) is 0 Å². The second-order valence-electron chi connectivity index (χ2n) is 7.38. The van der Waals surface area contributed by atoms with Crippen LogP contribution in [0.15, 0.2) is 59.3 Å². The van der Waals surface area contributed by atoms with Crippen molar-refractivity contribution < 1.29 is 24.2 Å². The minimum atomic E-state index is -0.854. The van der Waals surface area contributed by atoms with Gasteiger partial charge in [-0.2, -0.15) is 11.3 Å². The van der Waals surface area contributed by atoms with Crippen LogP contribution in [0.5, 0.6) is 11.5 Å². The van der Waals surface area contributed by atoms with E-state index in [0.29, 0.717) is 36.5 Å². The zero-order valence-corrected chi connectivity index (χ0v) is 18.4. The number of rotatable bonds is 11. The first-order valence-corrected chi connectivity index (χ1v) is 11.1. The first kappa shape index (κ1) is 22.6. The maximum atomic E-state index is 11.7. The number of aliphatic carboxylic acids is 1. The Morgan fingerprint density at radius 3 is 2.65 bits per heavy atom. The molecule has 2 unspecified atom stereocenters. The molecule has 1 aromatic heterocycles. The quantitative estimate of drug-likeness (QED) is 0.368. The third-order valence-corrected chi connectivity index (χ3v) is 5.97. The molecule has 2 aromatic carbocycles. The Hall–Kier alpha value is -3.12. The largest absolute Gasteiger partial charge is 0.489 e. The average molecular weight is 439 g/mol. The fourth-order valence-corrected chi connectivity index (χ4v) is 4.04.